The lowest BCUT2D eigenvalue weighted by molar-refractivity contribution is 0.815. The fourth-order valence-electron chi connectivity index (χ4n) is 1.19. The van der Waals surface area contributed by atoms with E-state index in [0.717, 1.165) is 12.8 Å². The number of rotatable bonds is 9. The van der Waals surface area contributed by atoms with Crippen molar-refractivity contribution in [2.45, 2.75) is 39.0 Å². The van der Waals surface area contributed by atoms with Gasteiger partial charge in [0.25, 0.3) is 0 Å². The van der Waals surface area contributed by atoms with Gasteiger partial charge >= 0.3 is 0 Å². The molecule has 0 heteroatoms. The van der Waals surface area contributed by atoms with E-state index in [4.69, 9.17) is 0 Å². The lowest BCUT2D eigenvalue weighted by Gasteiger charge is -1.85. The molecule has 17 heavy (non-hydrogen) atoms. The zero-order valence-electron chi connectivity index (χ0n) is 11.0. The average Bonchev–Trinajstić information content (AvgIpc) is 2.35. The minimum absolute atomic E-state index is 0.854. The maximum atomic E-state index is 3.73. The molecule has 0 rings (SSSR count). The van der Waals surface area contributed by atoms with Gasteiger partial charge in [-0.15, -0.1) is 0 Å². The number of unbranched alkanes of at least 4 members (excludes halogenated alkanes) is 2. The van der Waals surface area contributed by atoms with Crippen LogP contribution in [0, 0.1) is 6.92 Å². The molecule has 0 aliphatic carbocycles. The van der Waals surface area contributed by atoms with Crippen LogP contribution >= 0.6 is 0 Å². The number of hydrogen-bond acceptors (Lipinski definition) is 0. The van der Waals surface area contributed by atoms with Crippen molar-refractivity contribution in [2.24, 2.45) is 0 Å². The molecular formula is C17H25. The summed E-state index contributed by atoms with van der Waals surface area (Å²) >= 11 is 0. The van der Waals surface area contributed by atoms with Gasteiger partial charge in [0.05, 0.1) is 0 Å². The Morgan fingerprint density at radius 2 is 1.35 bits per heavy atom. The summed E-state index contributed by atoms with van der Waals surface area (Å²) in [5, 5.41) is 0. The van der Waals surface area contributed by atoms with E-state index in [9.17, 15) is 0 Å². The van der Waals surface area contributed by atoms with Gasteiger partial charge in [0, 0.05) is 0 Å². The number of allylic oxidation sites excluding steroid dienone is 10. The summed E-state index contributed by atoms with van der Waals surface area (Å²) in [6.45, 7) is 5.94. The second kappa shape index (κ2) is 14.7. The van der Waals surface area contributed by atoms with Crippen LogP contribution in [0.5, 0.6) is 0 Å². The van der Waals surface area contributed by atoms with Gasteiger partial charge in [-0.2, -0.15) is 0 Å². The monoisotopic (exact) mass is 229 g/mol. The largest absolute Gasteiger partial charge is 0.0845 e. The van der Waals surface area contributed by atoms with Crippen molar-refractivity contribution in [3.63, 3.8) is 0 Å². The lowest BCUT2D eigenvalue weighted by atomic mass is 10.2. The van der Waals surface area contributed by atoms with Crippen molar-refractivity contribution in [1.29, 1.82) is 0 Å². The summed E-state index contributed by atoms with van der Waals surface area (Å²) in [6, 6.07) is 0. The molecule has 0 aliphatic heterocycles. The highest BCUT2D eigenvalue weighted by atomic mass is 13.8. The van der Waals surface area contributed by atoms with Crippen LogP contribution in [0.25, 0.3) is 0 Å². The smallest absolute Gasteiger partial charge is 0.0163 e. The summed E-state index contributed by atoms with van der Waals surface area (Å²) in [7, 11) is 0. The minimum atomic E-state index is 0.854. The lowest BCUT2D eigenvalue weighted by Crippen LogP contribution is -1.64. The molecule has 0 amide bonds. The molecule has 0 fully saturated rings. The predicted molar refractivity (Wildman–Crippen MR) is 79.8 cm³/mol. The molecule has 0 unspecified atom stereocenters. The van der Waals surface area contributed by atoms with Gasteiger partial charge in [0.15, 0.2) is 0 Å². The third-order valence-corrected chi connectivity index (χ3v) is 2.15. The van der Waals surface area contributed by atoms with Gasteiger partial charge in [-0.25, -0.2) is 0 Å². The predicted octanol–water partition coefficient (Wildman–Crippen LogP) is 5.57. The van der Waals surface area contributed by atoms with Crippen LogP contribution in [0.4, 0.5) is 0 Å². The average molecular weight is 229 g/mol. The first-order chi connectivity index (χ1) is 8.41. The normalized spacial score (nSPS) is 13.3. The molecule has 0 aromatic rings. The maximum absolute atomic E-state index is 3.73. The van der Waals surface area contributed by atoms with E-state index < -0.39 is 0 Å². The van der Waals surface area contributed by atoms with Crippen molar-refractivity contribution in [3.05, 3.63) is 67.7 Å². The Morgan fingerprint density at radius 3 is 2.00 bits per heavy atom. The standard InChI is InChI=1S/C17H25/c1-3-5-7-9-11-13-15-17-16-14-12-10-8-6-4-2/h5,7,9-12,14-17H,1,3-4,6,8,13H2,2H3/b7-5+,11-9+,12-10+,16-14+,17-15+. The highest BCUT2D eigenvalue weighted by Crippen LogP contribution is 1.95. The van der Waals surface area contributed by atoms with E-state index in [-0.39, 0.29) is 0 Å². The quantitative estimate of drug-likeness (QED) is 0.358. The first-order valence-electron chi connectivity index (χ1n) is 6.51. The van der Waals surface area contributed by atoms with Gasteiger partial charge in [-0.05, 0) is 26.2 Å². The molecule has 0 atom stereocenters. The second-order valence-corrected chi connectivity index (χ2v) is 3.76. The molecular weight excluding hydrogens is 204 g/mol. The first kappa shape index (κ1) is 15.7. The molecule has 0 nitrogen and oxygen atoms in total. The Hall–Kier alpha value is -1.30. The van der Waals surface area contributed by atoms with Crippen molar-refractivity contribution in [3.8, 4) is 0 Å². The SMILES string of the molecule is [CH2]C/C=C/C=C/C/C=C/C=C/C=C/CCCC. The molecule has 0 bridgehead atoms. The van der Waals surface area contributed by atoms with Gasteiger partial charge in [-0.1, -0.05) is 80.5 Å². The molecule has 1 radical (unpaired) electrons. The molecule has 0 aromatic carbocycles. The first-order valence-corrected chi connectivity index (χ1v) is 6.51. The fraction of sp³-hybridized carbons (Fsp3) is 0.353. The van der Waals surface area contributed by atoms with E-state index >= 15 is 0 Å². The van der Waals surface area contributed by atoms with E-state index in [1.165, 1.54) is 19.3 Å². The van der Waals surface area contributed by atoms with Crippen molar-refractivity contribution >= 4 is 0 Å². The minimum Gasteiger partial charge on any atom is -0.0845 e. The Morgan fingerprint density at radius 1 is 0.765 bits per heavy atom. The van der Waals surface area contributed by atoms with Crippen LogP contribution in [0.15, 0.2) is 60.8 Å². The molecule has 0 saturated carbocycles. The third-order valence-electron chi connectivity index (χ3n) is 2.15. The molecule has 0 aliphatic rings. The summed E-state index contributed by atoms with van der Waals surface area (Å²) in [6.07, 6.45) is 26.6. The van der Waals surface area contributed by atoms with E-state index in [1.807, 2.05) is 12.2 Å². The van der Waals surface area contributed by atoms with Crippen LogP contribution in [0.2, 0.25) is 0 Å². The van der Waals surface area contributed by atoms with Crippen molar-refractivity contribution in [2.75, 3.05) is 0 Å². The van der Waals surface area contributed by atoms with Gasteiger partial charge in [0.2, 0.25) is 0 Å². The van der Waals surface area contributed by atoms with E-state index in [1.54, 1.807) is 0 Å². The Labute approximate surface area is 107 Å². The maximum Gasteiger partial charge on any atom is -0.0163 e. The Balaban J connectivity index is 3.52. The summed E-state index contributed by atoms with van der Waals surface area (Å²) in [5.41, 5.74) is 0. The molecule has 0 saturated heterocycles. The van der Waals surface area contributed by atoms with Crippen LogP contribution in [-0.4, -0.2) is 0 Å². The van der Waals surface area contributed by atoms with Crippen LogP contribution in [-0.2, 0) is 0 Å². The van der Waals surface area contributed by atoms with Gasteiger partial charge in [-0.3, -0.25) is 0 Å². The molecule has 0 N–H and O–H groups in total. The van der Waals surface area contributed by atoms with Gasteiger partial charge in [0.1, 0.15) is 0 Å². The topological polar surface area (TPSA) is 0 Å². The fourth-order valence-corrected chi connectivity index (χ4v) is 1.19. The summed E-state index contributed by atoms with van der Waals surface area (Å²) in [5.74, 6) is 0. The zero-order chi connectivity index (χ0) is 12.6. The van der Waals surface area contributed by atoms with Gasteiger partial charge < -0.3 is 0 Å². The molecule has 0 heterocycles. The second-order valence-electron chi connectivity index (χ2n) is 3.76. The molecule has 93 valence electrons. The van der Waals surface area contributed by atoms with Crippen LogP contribution in [0.1, 0.15) is 39.0 Å². The Bertz CT molecular complexity index is 274. The highest BCUT2D eigenvalue weighted by molar-refractivity contribution is 5.12. The van der Waals surface area contributed by atoms with Crippen LogP contribution in [0.3, 0.4) is 0 Å². The van der Waals surface area contributed by atoms with Crippen molar-refractivity contribution in [1.82, 2.24) is 0 Å². The third kappa shape index (κ3) is 14.7. The van der Waals surface area contributed by atoms with E-state index in [0.29, 0.717) is 0 Å². The van der Waals surface area contributed by atoms with Crippen LogP contribution < -0.4 is 0 Å². The zero-order valence-corrected chi connectivity index (χ0v) is 11.0. The summed E-state index contributed by atoms with van der Waals surface area (Å²) < 4.78 is 0. The highest BCUT2D eigenvalue weighted by Gasteiger charge is 1.74. The number of hydrogen-bond donors (Lipinski definition) is 0. The van der Waals surface area contributed by atoms with Crippen molar-refractivity contribution < 1.29 is 0 Å². The molecule has 0 aromatic heterocycles. The Kier molecular flexibility index (Phi) is 13.6. The van der Waals surface area contributed by atoms with E-state index in [2.05, 4.69) is 62.5 Å². The molecule has 0 spiro atoms. The summed E-state index contributed by atoms with van der Waals surface area (Å²) in [4.78, 5) is 0.